The average molecular weight is 465 g/mol. The van der Waals surface area contributed by atoms with E-state index < -0.39 is 0 Å². The van der Waals surface area contributed by atoms with Gasteiger partial charge in [-0.2, -0.15) is 5.10 Å². The predicted molar refractivity (Wildman–Crippen MR) is 129 cm³/mol. The van der Waals surface area contributed by atoms with Crippen molar-refractivity contribution in [2.45, 2.75) is 51.4 Å². The van der Waals surface area contributed by atoms with Crippen LogP contribution in [-0.4, -0.2) is 36.2 Å². The second kappa shape index (κ2) is 9.66. The zero-order valence-corrected chi connectivity index (χ0v) is 20.1. The van der Waals surface area contributed by atoms with Gasteiger partial charge in [-0.15, -0.1) is 10.2 Å². The summed E-state index contributed by atoms with van der Waals surface area (Å²) in [5.74, 6) is 2.05. The van der Waals surface area contributed by atoms with Gasteiger partial charge >= 0.3 is 0 Å². The molecule has 172 valence electrons. The van der Waals surface area contributed by atoms with E-state index in [0.717, 1.165) is 5.56 Å². The Hall–Kier alpha value is -3.33. The van der Waals surface area contributed by atoms with Crippen LogP contribution in [0.2, 0.25) is 0 Å². The number of hydrogen-bond acceptors (Lipinski definition) is 6. The molecule has 0 fully saturated rings. The number of carbonyl (C=O) groups is 1. The molecule has 0 saturated carbocycles. The van der Waals surface area contributed by atoms with Crippen LogP contribution in [0.1, 0.15) is 38.8 Å². The van der Waals surface area contributed by atoms with Gasteiger partial charge in [-0.25, -0.2) is 4.68 Å². The van der Waals surface area contributed by atoms with Crippen LogP contribution in [0.25, 0.3) is 11.6 Å². The Bertz CT molecular complexity index is 1200. The molecule has 0 saturated heterocycles. The summed E-state index contributed by atoms with van der Waals surface area (Å²) in [6.07, 6.45) is 3.29. The van der Waals surface area contributed by atoms with Crippen LogP contribution in [0.3, 0.4) is 0 Å². The Balaban J connectivity index is 1.37. The third-order valence-electron chi connectivity index (χ3n) is 5.24. The number of hydrogen-bond donors (Lipinski definition) is 1. The minimum Gasteiger partial charge on any atom is -0.461 e. The van der Waals surface area contributed by atoms with E-state index in [-0.39, 0.29) is 17.1 Å². The number of benzene rings is 1. The molecule has 4 aromatic rings. The molecule has 1 aromatic carbocycles. The molecule has 0 unspecified atom stereocenters. The number of thioether (sulfide) groups is 1. The Morgan fingerprint density at radius 1 is 1.12 bits per heavy atom. The van der Waals surface area contributed by atoms with Crippen molar-refractivity contribution in [3.05, 3.63) is 66.1 Å². The lowest BCUT2D eigenvalue weighted by atomic mass is 9.87. The van der Waals surface area contributed by atoms with Crippen molar-refractivity contribution in [3.8, 4) is 11.6 Å². The molecule has 9 heteroatoms. The number of nitrogens with zero attached hydrogens (tertiary/aromatic N) is 5. The van der Waals surface area contributed by atoms with Gasteiger partial charge in [0.15, 0.2) is 16.7 Å². The average Bonchev–Trinajstić information content (AvgIpc) is 3.53. The highest BCUT2D eigenvalue weighted by Gasteiger charge is 2.17. The third kappa shape index (κ3) is 5.36. The number of anilines is 1. The van der Waals surface area contributed by atoms with Gasteiger partial charge in [0.1, 0.15) is 5.82 Å². The maximum Gasteiger partial charge on any atom is 0.235 e. The van der Waals surface area contributed by atoms with Crippen molar-refractivity contribution in [3.63, 3.8) is 0 Å². The fourth-order valence-corrected chi connectivity index (χ4v) is 4.23. The van der Waals surface area contributed by atoms with Gasteiger partial charge in [0.05, 0.1) is 24.8 Å². The fourth-order valence-electron chi connectivity index (χ4n) is 3.43. The van der Waals surface area contributed by atoms with Gasteiger partial charge in [0.2, 0.25) is 5.91 Å². The Labute approximate surface area is 197 Å². The molecule has 0 bridgehead atoms. The van der Waals surface area contributed by atoms with E-state index in [9.17, 15) is 4.79 Å². The zero-order valence-electron chi connectivity index (χ0n) is 19.3. The SMILES string of the molecule is CCn1c(SCC(=O)Nc2ccnn2Cc2ccc(C(C)(C)C)cc2)nnc1-c1ccco1. The largest absolute Gasteiger partial charge is 0.461 e. The molecule has 4 rings (SSSR count). The number of rotatable bonds is 8. The summed E-state index contributed by atoms with van der Waals surface area (Å²) < 4.78 is 9.16. The molecule has 0 aliphatic carbocycles. The topological polar surface area (TPSA) is 90.8 Å². The van der Waals surface area contributed by atoms with E-state index in [1.54, 1.807) is 23.2 Å². The first-order valence-electron chi connectivity index (χ1n) is 10.9. The summed E-state index contributed by atoms with van der Waals surface area (Å²) in [4.78, 5) is 12.6. The second-order valence-corrected chi connectivity index (χ2v) is 9.63. The summed E-state index contributed by atoms with van der Waals surface area (Å²) in [6, 6.07) is 14.0. The molecular weight excluding hydrogens is 436 g/mol. The molecule has 0 spiro atoms. The van der Waals surface area contributed by atoms with Crippen LogP contribution in [0, 0.1) is 0 Å². The lowest BCUT2D eigenvalue weighted by molar-refractivity contribution is -0.113. The molecule has 0 aliphatic heterocycles. The van der Waals surface area contributed by atoms with Gasteiger partial charge in [-0.3, -0.25) is 9.36 Å². The summed E-state index contributed by atoms with van der Waals surface area (Å²) in [5, 5.41) is 16.4. The quantitative estimate of drug-likeness (QED) is 0.376. The number of furan rings is 1. The molecular formula is C24H28N6O2S. The highest BCUT2D eigenvalue weighted by molar-refractivity contribution is 7.99. The van der Waals surface area contributed by atoms with Crippen molar-refractivity contribution >= 4 is 23.5 Å². The van der Waals surface area contributed by atoms with Crippen molar-refractivity contribution < 1.29 is 9.21 Å². The van der Waals surface area contributed by atoms with Gasteiger partial charge in [0, 0.05) is 12.6 Å². The first-order valence-corrected chi connectivity index (χ1v) is 11.8. The van der Waals surface area contributed by atoms with Crippen LogP contribution < -0.4 is 5.32 Å². The standard InChI is InChI=1S/C24H28N6O2S/c1-5-29-22(19-7-6-14-32-19)27-28-23(29)33-16-21(31)26-20-12-13-25-30(20)15-17-8-10-18(11-9-17)24(2,3)4/h6-14H,5,15-16H2,1-4H3,(H,26,31). The molecule has 8 nitrogen and oxygen atoms in total. The molecule has 33 heavy (non-hydrogen) atoms. The molecule has 0 aliphatic rings. The van der Waals surface area contributed by atoms with E-state index in [1.165, 1.54) is 17.3 Å². The van der Waals surface area contributed by atoms with Crippen molar-refractivity contribution in [1.29, 1.82) is 0 Å². The smallest absolute Gasteiger partial charge is 0.235 e. The fraction of sp³-hybridized carbons (Fsp3) is 0.333. The summed E-state index contributed by atoms with van der Waals surface area (Å²) in [7, 11) is 0. The van der Waals surface area contributed by atoms with E-state index in [4.69, 9.17) is 4.42 Å². The minimum atomic E-state index is -0.130. The zero-order chi connectivity index (χ0) is 23.4. The lowest BCUT2D eigenvalue weighted by Crippen LogP contribution is -2.18. The molecule has 0 radical (unpaired) electrons. The molecule has 1 amide bonds. The predicted octanol–water partition coefficient (Wildman–Crippen LogP) is 4.83. The molecule has 0 atom stereocenters. The van der Waals surface area contributed by atoms with Crippen LogP contribution in [0.15, 0.2) is 64.5 Å². The molecule has 3 heterocycles. The maximum atomic E-state index is 12.6. The molecule has 3 aromatic heterocycles. The van der Waals surface area contributed by atoms with E-state index >= 15 is 0 Å². The van der Waals surface area contributed by atoms with Crippen LogP contribution in [-0.2, 0) is 23.3 Å². The normalized spacial score (nSPS) is 11.6. The van der Waals surface area contributed by atoms with Crippen molar-refractivity contribution in [1.82, 2.24) is 24.5 Å². The summed E-state index contributed by atoms with van der Waals surface area (Å²) in [5.41, 5.74) is 2.52. The first-order chi connectivity index (χ1) is 15.8. The number of aromatic nitrogens is 5. The van der Waals surface area contributed by atoms with E-state index in [1.807, 2.05) is 23.6 Å². The summed E-state index contributed by atoms with van der Waals surface area (Å²) in [6.45, 7) is 9.85. The summed E-state index contributed by atoms with van der Waals surface area (Å²) >= 11 is 1.34. The third-order valence-corrected chi connectivity index (χ3v) is 6.21. The first kappa shape index (κ1) is 22.8. The van der Waals surface area contributed by atoms with Crippen molar-refractivity contribution in [2.24, 2.45) is 0 Å². The van der Waals surface area contributed by atoms with Crippen LogP contribution >= 0.6 is 11.8 Å². The van der Waals surface area contributed by atoms with Crippen molar-refractivity contribution in [2.75, 3.05) is 11.1 Å². The number of carbonyl (C=O) groups excluding carboxylic acids is 1. The van der Waals surface area contributed by atoms with E-state index in [0.29, 0.717) is 35.6 Å². The Kier molecular flexibility index (Phi) is 6.69. The van der Waals surface area contributed by atoms with Crippen LogP contribution in [0.5, 0.6) is 0 Å². The Morgan fingerprint density at radius 3 is 2.58 bits per heavy atom. The Morgan fingerprint density at radius 2 is 1.91 bits per heavy atom. The van der Waals surface area contributed by atoms with Crippen LogP contribution in [0.4, 0.5) is 5.82 Å². The lowest BCUT2D eigenvalue weighted by Gasteiger charge is -2.19. The second-order valence-electron chi connectivity index (χ2n) is 8.69. The highest BCUT2D eigenvalue weighted by atomic mass is 32.2. The molecule has 1 N–H and O–H groups in total. The minimum absolute atomic E-state index is 0.113. The maximum absolute atomic E-state index is 12.6. The van der Waals surface area contributed by atoms with Gasteiger partial charge in [0.25, 0.3) is 0 Å². The highest BCUT2D eigenvalue weighted by Crippen LogP contribution is 2.25. The van der Waals surface area contributed by atoms with Gasteiger partial charge < -0.3 is 9.73 Å². The van der Waals surface area contributed by atoms with E-state index in [2.05, 4.69) is 65.6 Å². The van der Waals surface area contributed by atoms with Gasteiger partial charge in [-0.05, 0) is 35.6 Å². The monoisotopic (exact) mass is 464 g/mol. The number of amides is 1. The number of nitrogens with one attached hydrogen (secondary N) is 1. The van der Waals surface area contributed by atoms with Gasteiger partial charge in [-0.1, -0.05) is 56.8 Å².